The van der Waals surface area contributed by atoms with E-state index < -0.39 is 0 Å². The molecule has 1 heterocycles. The summed E-state index contributed by atoms with van der Waals surface area (Å²) >= 11 is 3.46. The van der Waals surface area contributed by atoms with Crippen molar-refractivity contribution in [2.24, 2.45) is 18.2 Å². The van der Waals surface area contributed by atoms with Crippen molar-refractivity contribution in [1.82, 2.24) is 9.55 Å². The number of halogens is 1. The number of imidazole rings is 1. The second kappa shape index (κ2) is 4.10. The molecule has 1 aromatic heterocycles. The first-order valence-corrected chi connectivity index (χ1v) is 6.47. The van der Waals surface area contributed by atoms with E-state index >= 15 is 0 Å². The fourth-order valence-corrected chi connectivity index (χ4v) is 2.21. The lowest BCUT2D eigenvalue weighted by molar-refractivity contribution is 0.311. The number of nitrogens with zero attached hydrogens (tertiary/aromatic N) is 2. The van der Waals surface area contributed by atoms with E-state index in [1.165, 1.54) is 0 Å². The number of fused-ring (bicyclic) bond motifs is 1. The highest BCUT2D eigenvalue weighted by molar-refractivity contribution is 9.10. The molecule has 0 aliphatic carbocycles. The lowest BCUT2D eigenvalue weighted by Gasteiger charge is -2.26. The molecule has 17 heavy (non-hydrogen) atoms. The number of nitrogens with two attached hydrogens (primary N) is 1. The van der Waals surface area contributed by atoms with Gasteiger partial charge in [-0.15, -0.1) is 0 Å². The first-order valence-electron chi connectivity index (χ1n) is 5.68. The maximum absolute atomic E-state index is 6.28. The molecule has 0 aliphatic heterocycles. The highest BCUT2D eigenvalue weighted by atomic mass is 79.9. The Balaban J connectivity index is 2.60. The average Bonchev–Trinajstić information content (AvgIpc) is 2.53. The van der Waals surface area contributed by atoms with E-state index in [2.05, 4.69) is 52.3 Å². The summed E-state index contributed by atoms with van der Waals surface area (Å²) < 4.78 is 3.12. The van der Waals surface area contributed by atoms with Crippen molar-refractivity contribution in [1.29, 1.82) is 0 Å². The van der Waals surface area contributed by atoms with Crippen LogP contribution >= 0.6 is 15.9 Å². The molecule has 0 spiro atoms. The quantitative estimate of drug-likeness (QED) is 0.876. The molecule has 1 unspecified atom stereocenters. The van der Waals surface area contributed by atoms with Crippen molar-refractivity contribution in [3.8, 4) is 0 Å². The number of hydrogen-bond donors (Lipinski definition) is 1. The number of benzene rings is 1. The van der Waals surface area contributed by atoms with Crippen molar-refractivity contribution in [2.75, 3.05) is 0 Å². The van der Waals surface area contributed by atoms with Crippen molar-refractivity contribution in [3.05, 3.63) is 28.5 Å². The maximum atomic E-state index is 6.28. The van der Waals surface area contributed by atoms with Crippen LogP contribution in [0.5, 0.6) is 0 Å². The van der Waals surface area contributed by atoms with Gasteiger partial charge in [0.05, 0.1) is 17.1 Å². The SMILES string of the molecule is Cn1c(C(N)C(C)(C)C)nc2cc(Br)ccc21. The minimum Gasteiger partial charge on any atom is -0.330 e. The van der Waals surface area contributed by atoms with Gasteiger partial charge in [0, 0.05) is 11.5 Å². The molecule has 92 valence electrons. The summed E-state index contributed by atoms with van der Waals surface area (Å²) in [4.78, 5) is 4.65. The van der Waals surface area contributed by atoms with Crippen LogP contribution in [-0.4, -0.2) is 9.55 Å². The predicted octanol–water partition coefficient (Wildman–Crippen LogP) is 3.38. The summed E-state index contributed by atoms with van der Waals surface area (Å²) in [6.45, 7) is 6.40. The largest absolute Gasteiger partial charge is 0.330 e. The minimum atomic E-state index is -0.0707. The summed E-state index contributed by atoms with van der Waals surface area (Å²) in [5.74, 6) is 0.936. The predicted molar refractivity (Wildman–Crippen MR) is 74.8 cm³/mol. The number of aromatic nitrogens is 2. The monoisotopic (exact) mass is 295 g/mol. The zero-order valence-electron chi connectivity index (χ0n) is 10.7. The van der Waals surface area contributed by atoms with Crippen LogP contribution < -0.4 is 5.73 Å². The molecule has 0 saturated carbocycles. The highest BCUT2D eigenvalue weighted by Crippen LogP contribution is 2.31. The third-order valence-corrected chi connectivity index (χ3v) is 3.58. The molecule has 0 saturated heterocycles. The van der Waals surface area contributed by atoms with Gasteiger partial charge in [0.2, 0.25) is 0 Å². The van der Waals surface area contributed by atoms with Gasteiger partial charge in [-0.25, -0.2) is 4.98 Å². The molecule has 0 bridgehead atoms. The topological polar surface area (TPSA) is 43.8 Å². The molecule has 1 atom stereocenters. The summed E-state index contributed by atoms with van der Waals surface area (Å²) in [6, 6.07) is 6.04. The minimum absolute atomic E-state index is 0.00632. The van der Waals surface area contributed by atoms with Gasteiger partial charge in [0.25, 0.3) is 0 Å². The molecule has 1 aromatic carbocycles. The van der Waals surface area contributed by atoms with E-state index in [9.17, 15) is 0 Å². The lowest BCUT2D eigenvalue weighted by Crippen LogP contribution is -2.28. The van der Waals surface area contributed by atoms with Crippen LogP contribution in [0.1, 0.15) is 32.6 Å². The lowest BCUT2D eigenvalue weighted by atomic mass is 9.87. The van der Waals surface area contributed by atoms with Crippen LogP contribution in [0.15, 0.2) is 22.7 Å². The third-order valence-electron chi connectivity index (χ3n) is 3.09. The molecule has 3 nitrogen and oxygen atoms in total. The van der Waals surface area contributed by atoms with Crippen molar-refractivity contribution >= 4 is 27.0 Å². The van der Waals surface area contributed by atoms with Gasteiger partial charge in [-0.05, 0) is 23.6 Å². The highest BCUT2D eigenvalue weighted by Gasteiger charge is 2.26. The number of rotatable bonds is 1. The van der Waals surface area contributed by atoms with Crippen LogP contribution in [0.25, 0.3) is 11.0 Å². The summed E-state index contributed by atoms with van der Waals surface area (Å²) in [7, 11) is 2.02. The zero-order chi connectivity index (χ0) is 12.8. The van der Waals surface area contributed by atoms with Crippen molar-refractivity contribution in [2.45, 2.75) is 26.8 Å². The Morgan fingerprint density at radius 1 is 1.35 bits per heavy atom. The van der Waals surface area contributed by atoms with Crippen LogP contribution in [0.3, 0.4) is 0 Å². The summed E-state index contributed by atoms with van der Waals surface area (Å²) in [5.41, 5.74) is 8.38. The fourth-order valence-electron chi connectivity index (χ4n) is 1.86. The van der Waals surface area contributed by atoms with E-state index in [1.54, 1.807) is 0 Å². The van der Waals surface area contributed by atoms with Gasteiger partial charge in [-0.3, -0.25) is 0 Å². The second-order valence-corrected chi connectivity index (χ2v) is 6.42. The first kappa shape index (κ1) is 12.6. The van der Waals surface area contributed by atoms with Gasteiger partial charge in [-0.2, -0.15) is 0 Å². The maximum Gasteiger partial charge on any atom is 0.127 e. The van der Waals surface area contributed by atoms with E-state index in [-0.39, 0.29) is 11.5 Å². The average molecular weight is 296 g/mol. The van der Waals surface area contributed by atoms with Gasteiger partial charge in [-0.1, -0.05) is 36.7 Å². The Labute approximate surface area is 110 Å². The van der Waals surface area contributed by atoms with Gasteiger partial charge >= 0.3 is 0 Å². The fraction of sp³-hybridized carbons (Fsp3) is 0.462. The Hall–Kier alpha value is -0.870. The van der Waals surface area contributed by atoms with E-state index in [1.807, 2.05) is 19.2 Å². The Bertz CT molecular complexity index is 552. The molecule has 0 aliphatic rings. The van der Waals surface area contributed by atoms with Crippen LogP contribution in [0.4, 0.5) is 0 Å². The molecular weight excluding hydrogens is 278 g/mol. The molecule has 0 radical (unpaired) electrons. The number of aryl methyl sites for hydroxylation is 1. The van der Waals surface area contributed by atoms with E-state index in [0.717, 1.165) is 21.3 Å². The van der Waals surface area contributed by atoms with Gasteiger partial charge in [0.15, 0.2) is 0 Å². The van der Waals surface area contributed by atoms with Gasteiger partial charge < -0.3 is 10.3 Å². The molecule has 0 amide bonds. The van der Waals surface area contributed by atoms with E-state index in [0.29, 0.717) is 0 Å². The van der Waals surface area contributed by atoms with Crippen LogP contribution in [0, 0.1) is 5.41 Å². The third kappa shape index (κ3) is 2.24. The molecule has 4 heteroatoms. The first-order chi connectivity index (χ1) is 7.80. The van der Waals surface area contributed by atoms with Crippen molar-refractivity contribution in [3.63, 3.8) is 0 Å². The Morgan fingerprint density at radius 3 is 2.59 bits per heavy atom. The smallest absolute Gasteiger partial charge is 0.127 e. The summed E-state index contributed by atoms with van der Waals surface area (Å²) in [5, 5.41) is 0. The molecule has 2 N–H and O–H groups in total. The van der Waals surface area contributed by atoms with Crippen molar-refractivity contribution < 1.29 is 0 Å². The Morgan fingerprint density at radius 2 is 2.00 bits per heavy atom. The standard InChI is InChI=1S/C13H18BrN3/c1-13(2,3)11(15)12-16-9-7-8(14)5-6-10(9)17(12)4/h5-7,11H,15H2,1-4H3. The number of hydrogen-bond acceptors (Lipinski definition) is 2. The van der Waals surface area contributed by atoms with Crippen LogP contribution in [0.2, 0.25) is 0 Å². The molecule has 0 fully saturated rings. The molecule has 2 rings (SSSR count). The van der Waals surface area contributed by atoms with Gasteiger partial charge in [0.1, 0.15) is 5.82 Å². The molecular formula is C13H18BrN3. The molecule has 2 aromatic rings. The normalized spacial score (nSPS) is 14.2. The summed E-state index contributed by atoms with van der Waals surface area (Å²) in [6.07, 6.45) is 0. The zero-order valence-corrected chi connectivity index (χ0v) is 12.2. The van der Waals surface area contributed by atoms with Crippen LogP contribution in [-0.2, 0) is 7.05 Å². The second-order valence-electron chi connectivity index (χ2n) is 5.51. The Kier molecular flexibility index (Phi) is 3.04. The van der Waals surface area contributed by atoms with E-state index in [4.69, 9.17) is 5.73 Å².